The summed E-state index contributed by atoms with van der Waals surface area (Å²) in [6, 6.07) is 14.2. The van der Waals surface area contributed by atoms with Crippen LogP contribution in [0.15, 0.2) is 46.9 Å². The molecular weight excluding hydrogens is 314 g/mol. The molecule has 1 unspecified atom stereocenters. The van der Waals surface area contributed by atoms with Crippen molar-refractivity contribution in [1.29, 1.82) is 0 Å². The molecule has 1 aliphatic rings. The summed E-state index contributed by atoms with van der Waals surface area (Å²) in [5, 5.41) is 0. The van der Waals surface area contributed by atoms with Crippen molar-refractivity contribution < 1.29 is 4.79 Å². The van der Waals surface area contributed by atoms with E-state index in [1.807, 2.05) is 48.2 Å². The highest BCUT2D eigenvalue weighted by atomic mass is 79.9. The molecule has 0 saturated carbocycles. The van der Waals surface area contributed by atoms with E-state index in [1.165, 1.54) is 5.56 Å². The van der Waals surface area contributed by atoms with Crippen molar-refractivity contribution >= 4 is 27.5 Å². The molecule has 1 aliphatic heterocycles. The highest BCUT2D eigenvalue weighted by Crippen LogP contribution is 2.34. The standard InChI is InChI=1S/C17H16BrNO/c1-11-6-5-8-14(16(11)18)17(20)19-12(2)10-13-7-3-4-9-15(13)19/h3-9,12H,10H2,1-2H3. The first-order valence-electron chi connectivity index (χ1n) is 6.76. The third-order valence-corrected chi connectivity index (χ3v) is 4.90. The van der Waals surface area contributed by atoms with Crippen LogP contribution < -0.4 is 4.90 Å². The van der Waals surface area contributed by atoms with E-state index < -0.39 is 0 Å². The van der Waals surface area contributed by atoms with Crippen LogP contribution in [0.5, 0.6) is 0 Å². The maximum absolute atomic E-state index is 12.9. The first-order chi connectivity index (χ1) is 9.59. The van der Waals surface area contributed by atoms with Gasteiger partial charge in [0, 0.05) is 16.2 Å². The maximum atomic E-state index is 12.9. The van der Waals surface area contributed by atoms with Gasteiger partial charge in [0.1, 0.15) is 0 Å². The van der Waals surface area contributed by atoms with Crippen LogP contribution in [-0.4, -0.2) is 11.9 Å². The van der Waals surface area contributed by atoms with Crippen LogP contribution in [-0.2, 0) is 6.42 Å². The Bertz CT molecular complexity index is 680. The number of carbonyl (C=O) groups is 1. The van der Waals surface area contributed by atoms with Gasteiger partial charge in [0.15, 0.2) is 0 Å². The third-order valence-electron chi connectivity index (χ3n) is 3.85. The summed E-state index contributed by atoms with van der Waals surface area (Å²) in [6.45, 7) is 4.10. The van der Waals surface area contributed by atoms with Gasteiger partial charge in [-0.1, -0.05) is 30.3 Å². The van der Waals surface area contributed by atoms with Gasteiger partial charge in [-0.15, -0.1) is 0 Å². The van der Waals surface area contributed by atoms with Crippen LogP contribution in [0.2, 0.25) is 0 Å². The smallest absolute Gasteiger partial charge is 0.259 e. The molecule has 1 atom stereocenters. The van der Waals surface area contributed by atoms with Crippen LogP contribution in [0.1, 0.15) is 28.4 Å². The molecule has 2 nitrogen and oxygen atoms in total. The zero-order valence-electron chi connectivity index (χ0n) is 11.6. The van der Waals surface area contributed by atoms with Crippen LogP contribution in [0.3, 0.4) is 0 Å². The lowest BCUT2D eigenvalue weighted by Gasteiger charge is -2.23. The van der Waals surface area contributed by atoms with E-state index in [0.717, 1.165) is 27.7 Å². The van der Waals surface area contributed by atoms with Gasteiger partial charge in [-0.3, -0.25) is 4.79 Å². The van der Waals surface area contributed by atoms with Gasteiger partial charge < -0.3 is 4.90 Å². The number of fused-ring (bicyclic) bond motifs is 1. The summed E-state index contributed by atoms with van der Waals surface area (Å²) in [7, 11) is 0. The zero-order chi connectivity index (χ0) is 14.3. The van der Waals surface area contributed by atoms with Crippen LogP contribution >= 0.6 is 15.9 Å². The number of anilines is 1. The Morgan fingerprint density at radius 2 is 1.95 bits per heavy atom. The van der Waals surface area contributed by atoms with Crippen LogP contribution in [0.4, 0.5) is 5.69 Å². The lowest BCUT2D eigenvalue weighted by Crippen LogP contribution is -2.36. The number of carbonyl (C=O) groups excluding carboxylic acids is 1. The molecule has 0 aliphatic carbocycles. The molecular formula is C17H16BrNO. The van der Waals surface area contributed by atoms with Crippen molar-refractivity contribution in [1.82, 2.24) is 0 Å². The molecule has 102 valence electrons. The highest BCUT2D eigenvalue weighted by Gasteiger charge is 2.31. The Morgan fingerprint density at radius 1 is 1.20 bits per heavy atom. The van der Waals surface area contributed by atoms with E-state index in [-0.39, 0.29) is 11.9 Å². The predicted molar refractivity (Wildman–Crippen MR) is 85.3 cm³/mol. The van der Waals surface area contributed by atoms with E-state index >= 15 is 0 Å². The predicted octanol–water partition coefficient (Wildman–Crippen LogP) is 4.35. The SMILES string of the molecule is Cc1cccc(C(=O)N2c3ccccc3CC2C)c1Br. The molecule has 0 spiro atoms. The fourth-order valence-electron chi connectivity index (χ4n) is 2.82. The summed E-state index contributed by atoms with van der Waals surface area (Å²) < 4.78 is 0.890. The van der Waals surface area contributed by atoms with Gasteiger partial charge in [-0.05, 0) is 59.5 Å². The maximum Gasteiger partial charge on any atom is 0.259 e. The summed E-state index contributed by atoms with van der Waals surface area (Å²) >= 11 is 3.54. The number of hydrogen-bond acceptors (Lipinski definition) is 1. The van der Waals surface area contributed by atoms with E-state index in [2.05, 4.69) is 28.9 Å². The lowest BCUT2D eigenvalue weighted by molar-refractivity contribution is 0.0980. The molecule has 0 fully saturated rings. The van der Waals surface area contributed by atoms with E-state index in [0.29, 0.717) is 0 Å². The molecule has 0 N–H and O–H groups in total. The molecule has 2 aromatic carbocycles. The van der Waals surface area contributed by atoms with Gasteiger partial charge in [-0.25, -0.2) is 0 Å². The fraction of sp³-hybridized carbons (Fsp3) is 0.235. The van der Waals surface area contributed by atoms with Crippen molar-refractivity contribution in [3.63, 3.8) is 0 Å². The second-order valence-corrected chi connectivity index (χ2v) is 6.09. The Balaban J connectivity index is 2.05. The molecule has 3 rings (SSSR count). The second kappa shape index (κ2) is 5.06. The quantitative estimate of drug-likeness (QED) is 0.761. The molecule has 0 bridgehead atoms. The van der Waals surface area contributed by atoms with Crippen molar-refractivity contribution in [2.75, 3.05) is 4.90 Å². The second-order valence-electron chi connectivity index (χ2n) is 5.29. The van der Waals surface area contributed by atoms with E-state index in [4.69, 9.17) is 0 Å². The minimum absolute atomic E-state index is 0.0676. The monoisotopic (exact) mass is 329 g/mol. The summed E-state index contributed by atoms with van der Waals surface area (Å²) in [4.78, 5) is 14.8. The normalized spacial score (nSPS) is 17.1. The number of para-hydroxylation sites is 1. The van der Waals surface area contributed by atoms with Crippen molar-refractivity contribution in [2.24, 2.45) is 0 Å². The molecule has 0 saturated heterocycles. The fourth-order valence-corrected chi connectivity index (χ4v) is 3.25. The average molecular weight is 330 g/mol. The Hall–Kier alpha value is -1.61. The van der Waals surface area contributed by atoms with Crippen LogP contribution in [0.25, 0.3) is 0 Å². The van der Waals surface area contributed by atoms with E-state index in [9.17, 15) is 4.79 Å². The van der Waals surface area contributed by atoms with Crippen molar-refractivity contribution in [2.45, 2.75) is 26.3 Å². The Kier molecular flexibility index (Phi) is 3.38. The molecule has 2 aromatic rings. The minimum atomic E-state index is 0.0676. The molecule has 20 heavy (non-hydrogen) atoms. The average Bonchev–Trinajstić information content (AvgIpc) is 2.77. The number of hydrogen-bond donors (Lipinski definition) is 0. The Labute approximate surface area is 127 Å². The number of aryl methyl sites for hydroxylation is 1. The van der Waals surface area contributed by atoms with Gasteiger partial charge in [-0.2, -0.15) is 0 Å². The molecule has 0 radical (unpaired) electrons. The highest BCUT2D eigenvalue weighted by molar-refractivity contribution is 9.10. The summed E-state index contributed by atoms with van der Waals surface area (Å²) in [6.07, 6.45) is 0.922. The lowest BCUT2D eigenvalue weighted by atomic mass is 10.1. The first kappa shape index (κ1) is 13.4. The Morgan fingerprint density at radius 3 is 2.75 bits per heavy atom. The number of nitrogens with zero attached hydrogens (tertiary/aromatic N) is 1. The number of amides is 1. The summed E-state index contributed by atoms with van der Waals surface area (Å²) in [5.41, 5.74) is 4.10. The molecule has 0 aromatic heterocycles. The minimum Gasteiger partial charge on any atom is -0.305 e. The third kappa shape index (κ3) is 2.06. The largest absolute Gasteiger partial charge is 0.305 e. The first-order valence-corrected chi connectivity index (χ1v) is 7.55. The number of rotatable bonds is 1. The van der Waals surface area contributed by atoms with E-state index in [1.54, 1.807) is 0 Å². The van der Waals surface area contributed by atoms with Crippen molar-refractivity contribution in [3.05, 3.63) is 63.6 Å². The number of halogens is 1. The molecule has 3 heteroatoms. The van der Waals surface area contributed by atoms with Gasteiger partial charge >= 0.3 is 0 Å². The van der Waals surface area contributed by atoms with Crippen molar-refractivity contribution in [3.8, 4) is 0 Å². The molecule has 1 amide bonds. The van der Waals surface area contributed by atoms with Gasteiger partial charge in [0.25, 0.3) is 5.91 Å². The number of benzene rings is 2. The van der Waals surface area contributed by atoms with Crippen LogP contribution in [0, 0.1) is 6.92 Å². The topological polar surface area (TPSA) is 20.3 Å². The molecule has 1 heterocycles. The van der Waals surface area contributed by atoms with Gasteiger partial charge in [0.2, 0.25) is 0 Å². The summed E-state index contributed by atoms with van der Waals surface area (Å²) in [5.74, 6) is 0.0676. The van der Waals surface area contributed by atoms with Gasteiger partial charge in [0.05, 0.1) is 5.56 Å². The zero-order valence-corrected chi connectivity index (χ0v) is 13.1.